The van der Waals surface area contributed by atoms with E-state index in [1.54, 1.807) is 6.07 Å². The van der Waals surface area contributed by atoms with Gasteiger partial charge in [0.15, 0.2) is 0 Å². The highest BCUT2D eigenvalue weighted by Crippen LogP contribution is 2.37. The Balaban J connectivity index is 1.89. The Bertz CT molecular complexity index is 813. The van der Waals surface area contributed by atoms with Crippen LogP contribution in [0.3, 0.4) is 0 Å². The lowest BCUT2D eigenvalue weighted by atomic mass is 10.1. The Morgan fingerprint density at radius 3 is 2.79 bits per heavy atom. The van der Waals surface area contributed by atoms with E-state index in [1.165, 1.54) is 17.4 Å². The molecule has 126 valence electrons. The summed E-state index contributed by atoms with van der Waals surface area (Å²) >= 11 is 4.88. The van der Waals surface area contributed by atoms with Gasteiger partial charge in [0, 0.05) is 21.2 Å². The average Bonchev–Trinajstić information content (AvgIpc) is 3.01. The van der Waals surface area contributed by atoms with E-state index < -0.39 is 11.9 Å². The molecule has 0 aliphatic carbocycles. The maximum Gasteiger partial charge on any atom is 0.136 e. The molecule has 1 aromatic heterocycles. The minimum absolute atomic E-state index is 0.247. The van der Waals surface area contributed by atoms with Crippen LogP contribution in [0.2, 0.25) is 0 Å². The predicted molar refractivity (Wildman–Crippen MR) is 100 cm³/mol. The first-order chi connectivity index (χ1) is 11.6. The lowest BCUT2D eigenvalue weighted by molar-refractivity contribution is 0.218. The van der Waals surface area contributed by atoms with E-state index >= 15 is 0 Å². The fourth-order valence-corrected chi connectivity index (χ4v) is 4.03. The number of benzene rings is 2. The topological polar surface area (TPSA) is 29.5 Å². The smallest absolute Gasteiger partial charge is 0.136 e. The summed E-state index contributed by atoms with van der Waals surface area (Å²) in [5.41, 5.74) is 0.247. The van der Waals surface area contributed by atoms with Crippen molar-refractivity contribution < 1.29 is 14.2 Å². The van der Waals surface area contributed by atoms with E-state index in [0.29, 0.717) is 16.8 Å². The summed E-state index contributed by atoms with van der Waals surface area (Å²) in [6, 6.07) is 12.7. The molecule has 2 aromatic carbocycles. The molecule has 5 heteroatoms. The molecule has 0 spiro atoms. The number of ether oxygens (including phenoxy) is 1. The second-order valence-corrected chi connectivity index (χ2v) is 7.56. The molecule has 0 saturated heterocycles. The maximum atomic E-state index is 14.5. The highest BCUT2D eigenvalue weighted by Gasteiger charge is 2.20. The zero-order chi connectivity index (χ0) is 17.1. The summed E-state index contributed by atoms with van der Waals surface area (Å²) in [6.07, 6.45) is 0.937. The summed E-state index contributed by atoms with van der Waals surface area (Å²) < 4.78 is 21.8. The van der Waals surface area contributed by atoms with Gasteiger partial charge in [-0.15, -0.1) is 11.3 Å². The van der Waals surface area contributed by atoms with Crippen LogP contribution in [0.4, 0.5) is 4.39 Å². The van der Waals surface area contributed by atoms with Gasteiger partial charge in [0.1, 0.15) is 17.7 Å². The van der Waals surface area contributed by atoms with Crippen molar-refractivity contribution in [3.8, 4) is 5.75 Å². The third-order valence-electron chi connectivity index (χ3n) is 3.82. The van der Waals surface area contributed by atoms with Gasteiger partial charge in [-0.25, -0.2) is 4.39 Å². The number of aliphatic hydroxyl groups excluding tert-OH is 1. The largest absolute Gasteiger partial charge is 0.492 e. The van der Waals surface area contributed by atoms with Crippen molar-refractivity contribution in [1.82, 2.24) is 0 Å². The Morgan fingerprint density at radius 2 is 2.04 bits per heavy atom. The number of rotatable bonds is 6. The van der Waals surface area contributed by atoms with Crippen LogP contribution in [-0.4, -0.2) is 11.7 Å². The monoisotopic (exact) mass is 408 g/mol. The molecule has 0 radical (unpaired) electrons. The van der Waals surface area contributed by atoms with Crippen molar-refractivity contribution in [3.63, 3.8) is 0 Å². The molecule has 2 nitrogen and oxygen atoms in total. The fourth-order valence-electron chi connectivity index (χ4n) is 2.48. The molecule has 1 atom stereocenters. The summed E-state index contributed by atoms with van der Waals surface area (Å²) in [6.45, 7) is 2.62. The van der Waals surface area contributed by atoms with Crippen LogP contribution in [0.1, 0.15) is 36.3 Å². The summed E-state index contributed by atoms with van der Waals surface area (Å²) in [7, 11) is 0. The molecule has 3 aromatic rings. The number of unbranched alkanes of at least 4 members (excludes halogenated alkanes) is 1. The standard InChI is InChI=1S/C19H18BrFO2S/c1-2-3-8-23-16-11-15(21)13(10-14(16)20)19(22)18-9-12-6-4-5-7-17(12)24-18/h4-7,9-11,19,22H,2-3,8H2,1H3. The van der Waals surface area contributed by atoms with Crippen molar-refractivity contribution in [3.05, 3.63) is 63.2 Å². The van der Waals surface area contributed by atoms with Gasteiger partial charge < -0.3 is 9.84 Å². The van der Waals surface area contributed by atoms with Crippen LogP contribution in [0.15, 0.2) is 46.9 Å². The van der Waals surface area contributed by atoms with Gasteiger partial charge in [-0.3, -0.25) is 0 Å². The SMILES string of the molecule is CCCCOc1cc(F)c(C(O)c2cc3ccccc3s2)cc1Br. The minimum atomic E-state index is -0.997. The van der Waals surface area contributed by atoms with Gasteiger partial charge in [0.25, 0.3) is 0 Å². The second-order valence-electron chi connectivity index (χ2n) is 5.60. The molecule has 0 aliphatic rings. The quantitative estimate of drug-likeness (QED) is 0.501. The maximum absolute atomic E-state index is 14.5. The Labute approximate surface area is 153 Å². The molecule has 1 unspecified atom stereocenters. The molecule has 0 saturated carbocycles. The Morgan fingerprint density at radius 1 is 1.25 bits per heavy atom. The summed E-state index contributed by atoms with van der Waals surface area (Å²) in [5.74, 6) is 0.00268. The van der Waals surface area contributed by atoms with Gasteiger partial charge in [0.2, 0.25) is 0 Å². The van der Waals surface area contributed by atoms with Gasteiger partial charge in [-0.1, -0.05) is 31.5 Å². The minimum Gasteiger partial charge on any atom is -0.492 e. The number of hydrogen-bond acceptors (Lipinski definition) is 3. The second kappa shape index (κ2) is 7.64. The molecular formula is C19H18BrFO2S. The molecule has 0 fully saturated rings. The first-order valence-corrected chi connectivity index (χ1v) is 9.49. The third kappa shape index (κ3) is 3.63. The molecule has 0 amide bonds. The number of aliphatic hydroxyl groups is 1. The highest BCUT2D eigenvalue weighted by molar-refractivity contribution is 9.10. The molecular weight excluding hydrogens is 391 g/mol. The predicted octanol–water partition coefficient (Wildman–Crippen LogP) is 6.06. The van der Waals surface area contributed by atoms with Gasteiger partial charge in [-0.05, 0) is 45.9 Å². The zero-order valence-electron chi connectivity index (χ0n) is 13.3. The van der Waals surface area contributed by atoms with Crippen LogP contribution in [-0.2, 0) is 0 Å². The summed E-state index contributed by atoms with van der Waals surface area (Å²) in [4.78, 5) is 0.724. The van der Waals surface area contributed by atoms with Gasteiger partial charge in [-0.2, -0.15) is 0 Å². The normalized spacial score (nSPS) is 12.5. The van der Waals surface area contributed by atoms with Crippen LogP contribution < -0.4 is 4.74 Å². The van der Waals surface area contributed by atoms with Gasteiger partial charge in [0.05, 0.1) is 11.1 Å². The van der Waals surface area contributed by atoms with E-state index in [2.05, 4.69) is 22.9 Å². The Hall–Kier alpha value is -1.43. The molecule has 24 heavy (non-hydrogen) atoms. The lowest BCUT2D eigenvalue weighted by Crippen LogP contribution is -2.03. The van der Waals surface area contributed by atoms with Crippen molar-refractivity contribution in [2.24, 2.45) is 0 Å². The number of hydrogen-bond donors (Lipinski definition) is 1. The molecule has 0 bridgehead atoms. The van der Waals surface area contributed by atoms with E-state index in [0.717, 1.165) is 27.8 Å². The van der Waals surface area contributed by atoms with E-state index in [-0.39, 0.29) is 5.56 Å². The van der Waals surface area contributed by atoms with Crippen LogP contribution in [0, 0.1) is 5.82 Å². The molecule has 0 aliphatic heterocycles. The van der Waals surface area contributed by atoms with Crippen molar-refractivity contribution in [2.75, 3.05) is 6.61 Å². The molecule has 3 rings (SSSR count). The van der Waals surface area contributed by atoms with Crippen molar-refractivity contribution >= 4 is 37.4 Å². The number of fused-ring (bicyclic) bond motifs is 1. The lowest BCUT2D eigenvalue weighted by Gasteiger charge is -2.14. The highest BCUT2D eigenvalue weighted by atomic mass is 79.9. The van der Waals surface area contributed by atoms with Gasteiger partial charge >= 0.3 is 0 Å². The van der Waals surface area contributed by atoms with Crippen LogP contribution >= 0.6 is 27.3 Å². The van der Waals surface area contributed by atoms with Crippen molar-refractivity contribution in [1.29, 1.82) is 0 Å². The van der Waals surface area contributed by atoms with E-state index in [9.17, 15) is 9.50 Å². The molecule has 1 N–H and O–H groups in total. The average molecular weight is 409 g/mol. The fraction of sp³-hybridized carbons (Fsp3) is 0.263. The zero-order valence-corrected chi connectivity index (χ0v) is 15.7. The molecule has 1 heterocycles. The third-order valence-corrected chi connectivity index (χ3v) is 5.60. The van der Waals surface area contributed by atoms with Crippen LogP contribution in [0.5, 0.6) is 5.75 Å². The first-order valence-electron chi connectivity index (χ1n) is 7.88. The van der Waals surface area contributed by atoms with Crippen molar-refractivity contribution in [2.45, 2.75) is 25.9 Å². The number of halogens is 2. The van der Waals surface area contributed by atoms with E-state index in [4.69, 9.17) is 4.74 Å². The van der Waals surface area contributed by atoms with E-state index in [1.807, 2.05) is 30.3 Å². The number of thiophene rings is 1. The Kier molecular flexibility index (Phi) is 5.54. The summed E-state index contributed by atoms with van der Waals surface area (Å²) in [5, 5.41) is 11.7. The van der Waals surface area contributed by atoms with Crippen LogP contribution in [0.25, 0.3) is 10.1 Å². The first kappa shape index (κ1) is 17.4.